The van der Waals surface area contributed by atoms with Gasteiger partial charge in [-0.05, 0) is 25.7 Å². The molecule has 2 aliphatic rings. The van der Waals surface area contributed by atoms with Crippen LogP contribution in [0.25, 0.3) is 0 Å². The maximum atomic E-state index is 11.1. The van der Waals surface area contributed by atoms with Gasteiger partial charge in [-0.1, -0.05) is 0 Å². The molecule has 11 heavy (non-hydrogen) atoms. The zero-order valence-corrected chi connectivity index (χ0v) is 6.77. The monoisotopic (exact) mass is 154 g/mol. The normalized spacial score (nSPS) is 38.4. The second-order valence-electron chi connectivity index (χ2n) is 3.70. The Morgan fingerprint density at radius 2 is 2.09 bits per heavy atom. The minimum Gasteiger partial charge on any atom is -0.375 e. The highest BCUT2D eigenvalue weighted by Gasteiger charge is 2.39. The SMILES string of the molecule is O=C1CCC[C@@]2(CCCO2)C1. The van der Waals surface area contributed by atoms with Crippen LogP contribution < -0.4 is 0 Å². The first-order valence-electron chi connectivity index (χ1n) is 4.46. The molecule has 0 radical (unpaired) electrons. The Labute approximate surface area is 66.9 Å². The summed E-state index contributed by atoms with van der Waals surface area (Å²) in [5.74, 6) is 0.401. The van der Waals surface area contributed by atoms with Crippen LogP contribution in [0.5, 0.6) is 0 Å². The van der Waals surface area contributed by atoms with Crippen molar-refractivity contribution < 1.29 is 9.53 Å². The Balaban J connectivity index is 2.05. The largest absolute Gasteiger partial charge is 0.375 e. The summed E-state index contributed by atoms with van der Waals surface area (Å²) in [7, 11) is 0. The van der Waals surface area contributed by atoms with Gasteiger partial charge < -0.3 is 4.74 Å². The van der Waals surface area contributed by atoms with Gasteiger partial charge in [-0.15, -0.1) is 0 Å². The molecule has 0 aromatic rings. The van der Waals surface area contributed by atoms with Crippen molar-refractivity contribution in [2.24, 2.45) is 0 Å². The van der Waals surface area contributed by atoms with Gasteiger partial charge in [0.2, 0.25) is 0 Å². The Kier molecular flexibility index (Phi) is 1.72. The molecule has 0 bridgehead atoms. The molecule has 0 aromatic carbocycles. The van der Waals surface area contributed by atoms with E-state index in [0.717, 1.165) is 38.7 Å². The van der Waals surface area contributed by atoms with Crippen molar-refractivity contribution in [2.45, 2.75) is 44.1 Å². The molecule has 2 heteroatoms. The van der Waals surface area contributed by atoms with Crippen LogP contribution in [0.4, 0.5) is 0 Å². The predicted octanol–water partition coefficient (Wildman–Crippen LogP) is 1.68. The van der Waals surface area contributed by atoms with Crippen LogP contribution in [-0.2, 0) is 9.53 Å². The second-order valence-corrected chi connectivity index (χ2v) is 3.70. The van der Waals surface area contributed by atoms with Gasteiger partial charge in [-0.3, -0.25) is 4.79 Å². The summed E-state index contributed by atoms with van der Waals surface area (Å²) < 4.78 is 5.63. The van der Waals surface area contributed by atoms with E-state index in [-0.39, 0.29) is 5.60 Å². The zero-order chi connectivity index (χ0) is 7.73. The fourth-order valence-electron chi connectivity index (χ4n) is 2.24. The molecule has 0 aromatic heterocycles. The van der Waals surface area contributed by atoms with E-state index in [4.69, 9.17) is 4.74 Å². The fourth-order valence-corrected chi connectivity index (χ4v) is 2.24. The van der Waals surface area contributed by atoms with Gasteiger partial charge in [0.1, 0.15) is 5.78 Å². The van der Waals surface area contributed by atoms with Crippen molar-refractivity contribution in [1.29, 1.82) is 0 Å². The van der Waals surface area contributed by atoms with E-state index in [1.165, 1.54) is 0 Å². The quantitative estimate of drug-likeness (QED) is 0.530. The molecule has 62 valence electrons. The fraction of sp³-hybridized carbons (Fsp3) is 0.889. The first kappa shape index (κ1) is 7.29. The van der Waals surface area contributed by atoms with Crippen LogP contribution in [0.1, 0.15) is 38.5 Å². The molecule has 2 fully saturated rings. The Hall–Kier alpha value is -0.370. The minimum atomic E-state index is -0.00463. The standard InChI is InChI=1S/C9H14O2/c10-8-3-1-4-9(7-8)5-2-6-11-9/h1-7H2/t9-/m1/s1. The molecule has 1 atom stereocenters. The molecule has 1 saturated heterocycles. The maximum Gasteiger partial charge on any atom is 0.135 e. The number of rotatable bonds is 0. The van der Waals surface area contributed by atoms with Crippen molar-refractivity contribution in [2.75, 3.05) is 6.61 Å². The Morgan fingerprint density at radius 1 is 1.27 bits per heavy atom. The predicted molar refractivity (Wildman–Crippen MR) is 41.4 cm³/mol. The summed E-state index contributed by atoms with van der Waals surface area (Å²) in [6.45, 7) is 0.868. The van der Waals surface area contributed by atoms with E-state index in [2.05, 4.69) is 0 Å². The first-order chi connectivity index (χ1) is 5.31. The molecule has 1 aliphatic carbocycles. The summed E-state index contributed by atoms with van der Waals surface area (Å²) in [6.07, 6.45) is 5.88. The van der Waals surface area contributed by atoms with Gasteiger partial charge in [0, 0.05) is 19.4 Å². The third kappa shape index (κ3) is 1.32. The van der Waals surface area contributed by atoms with Crippen molar-refractivity contribution in [1.82, 2.24) is 0 Å². The minimum absolute atomic E-state index is 0.00463. The van der Waals surface area contributed by atoms with E-state index in [9.17, 15) is 4.79 Å². The summed E-state index contributed by atoms with van der Waals surface area (Å²) in [5, 5.41) is 0. The third-order valence-corrected chi connectivity index (χ3v) is 2.79. The lowest BCUT2D eigenvalue weighted by Gasteiger charge is -2.31. The van der Waals surface area contributed by atoms with Gasteiger partial charge >= 0.3 is 0 Å². The average molecular weight is 154 g/mol. The summed E-state index contributed by atoms with van der Waals surface area (Å²) in [4.78, 5) is 11.1. The number of hydrogen-bond donors (Lipinski definition) is 0. The highest BCUT2D eigenvalue weighted by Crippen LogP contribution is 2.37. The number of ketones is 1. The summed E-state index contributed by atoms with van der Waals surface area (Å²) in [5.41, 5.74) is -0.00463. The second kappa shape index (κ2) is 2.59. The van der Waals surface area contributed by atoms with E-state index in [1.807, 2.05) is 0 Å². The Bertz CT molecular complexity index is 168. The summed E-state index contributed by atoms with van der Waals surface area (Å²) >= 11 is 0. The van der Waals surface area contributed by atoms with Gasteiger partial charge in [0.05, 0.1) is 5.60 Å². The van der Waals surface area contributed by atoms with E-state index in [1.54, 1.807) is 0 Å². The van der Waals surface area contributed by atoms with E-state index >= 15 is 0 Å². The molecule has 0 amide bonds. The Morgan fingerprint density at radius 3 is 2.73 bits per heavy atom. The number of ether oxygens (including phenoxy) is 1. The molecular weight excluding hydrogens is 140 g/mol. The van der Waals surface area contributed by atoms with Crippen molar-refractivity contribution in [3.05, 3.63) is 0 Å². The van der Waals surface area contributed by atoms with Crippen molar-refractivity contribution >= 4 is 5.78 Å². The molecule has 1 heterocycles. The van der Waals surface area contributed by atoms with Crippen LogP contribution in [-0.4, -0.2) is 18.0 Å². The van der Waals surface area contributed by atoms with Crippen LogP contribution >= 0.6 is 0 Å². The van der Waals surface area contributed by atoms with Crippen LogP contribution in [0.2, 0.25) is 0 Å². The maximum absolute atomic E-state index is 11.1. The highest BCUT2D eigenvalue weighted by molar-refractivity contribution is 5.80. The zero-order valence-electron chi connectivity index (χ0n) is 6.77. The number of carbonyl (C=O) groups excluding carboxylic acids is 1. The molecule has 0 N–H and O–H groups in total. The van der Waals surface area contributed by atoms with Gasteiger partial charge in [0.15, 0.2) is 0 Å². The lowest BCUT2D eigenvalue weighted by Crippen LogP contribution is -2.34. The molecule has 1 spiro atoms. The van der Waals surface area contributed by atoms with Gasteiger partial charge in [-0.2, -0.15) is 0 Å². The van der Waals surface area contributed by atoms with Gasteiger partial charge in [0.25, 0.3) is 0 Å². The lowest BCUT2D eigenvalue weighted by molar-refractivity contribution is -0.128. The van der Waals surface area contributed by atoms with Crippen LogP contribution in [0.15, 0.2) is 0 Å². The summed E-state index contributed by atoms with van der Waals surface area (Å²) in [6, 6.07) is 0. The smallest absolute Gasteiger partial charge is 0.135 e. The average Bonchev–Trinajstić information content (AvgIpc) is 2.37. The van der Waals surface area contributed by atoms with Gasteiger partial charge in [-0.25, -0.2) is 0 Å². The molecule has 1 aliphatic heterocycles. The molecule has 2 rings (SSSR count). The lowest BCUT2D eigenvalue weighted by atomic mass is 9.82. The first-order valence-corrected chi connectivity index (χ1v) is 4.46. The molecule has 1 saturated carbocycles. The topological polar surface area (TPSA) is 26.3 Å². The number of Topliss-reactive ketones (excluding diaryl/α,β-unsaturated/α-hetero) is 1. The number of hydrogen-bond acceptors (Lipinski definition) is 2. The number of carbonyl (C=O) groups is 1. The van der Waals surface area contributed by atoms with Crippen molar-refractivity contribution in [3.8, 4) is 0 Å². The third-order valence-electron chi connectivity index (χ3n) is 2.79. The highest BCUT2D eigenvalue weighted by atomic mass is 16.5. The van der Waals surface area contributed by atoms with E-state index in [0.29, 0.717) is 12.2 Å². The van der Waals surface area contributed by atoms with Crippen LogP contribution in [0.3, 0.4) is 0 Å². The van der Waals surface area contributed by atoms with E-state index < -0.39 is 0 Å². The van der Waals surface area contributed by atoms with Crippen LogP contribution in [0, 0.1) is 0 Å². The van der Waals surface area contributed by atoms with Crippen molar-refractivity contribution in [3.63, 3.8) is 0 Å². The molecule has 0 unspecified atom stereocenters. The molecule has 2 nitrogen and oxygen atoms in total. The molecular formula is C9H14O2.